The van der Waals surface area contributed by atoms with Gasteiger partial charge in [0.2, 0.25) is 0 Å². The topological polar surface area (TPSA) is 32.3 Å². The number of carbonyl (C=O) groups is 1. The van der Waals surface area contributed by atoms with Gasteiger partial charge in [-0.2, -0.15) is 0 Å². The number of urea groups is 1. The van der Waals surface area contributed by atoms with E-state index in [2.05, 4.69) is 5.32 Å². The van der Waals surface area contributed by atoms with Gasteiger partial charge in [0.25, 0.3) is 0 Å². The van der Waals surface area contributed by atoms with E-state index in [4.69, 9.17) is 0 Å². The molecule has 0 unspecified atom stereocenters. The Morgan fingerprint density at radius 2 is 1.82 bits per heavy atom. The van der Waals surface area contributed by atoms with Gasteiger partial charge in [-0.3, -0.25) is 0 Å². The number of hydrogen-bond acceptors (Lipinski definition) is 1. The van der Waals surface area contributed by atoms with Crippen LogP contribution in [0.4, 0.5) is 9.18 Å². The number of nitrogens with zero attached hydrogens (tertiary/aromatic N) is 1. The lowest BCUT2D eigenvalue weighted by atomic mass is 10.2. The minimum absolute atomic E-state index is 0.130. The first kappa shape index (κ1) is 16.0. The summed E-state index contributed by atoms with van der Waals surface area (Å²) in [5, 5.41) is 2.85. The van der Waals surface area contributed by atoms with Crippen molar-refractivity contribution in [1.82, 2.24) is 10.2 Å². The molecule has 0 aliphatic heterocycles. The van der Waals surface area contributed by atoms with Gasteiger partial charge in [-0.25, -0.2) is 9.18 Å². The summed E-state index contributed by atoms with van der Waals surface area (Å²) in [5.74, 6) is -0.290. The predicted octanol–water partition coefficient (Wildman–Crippen LogP) is 3.95. The van der Waals surface area contributed by atoms with Crippen LogP contribution in [-0.4, -0.2) is 17.5 Å². The molecule has 0 fully saturated rings. The van der Waals surface area contributed by atoms with Crippen LogP contribution in [-0.2, 0) is 13.1 Å². The average Bonchev–Trinajstić information content (AvgIpc) is 2.53. The molecule has 0 aromatic heterocycles. The predicted molar refractivity (Wildman–Crippen MR) is 85.8 cm³/mol. The zero-order valence-corrected chi connectivity index (χ0v) is 12.8. The minimum atomic E-state index is -0.290. The monoisotopic (exact) mass is 300 g/mol. The Bertz CT molecular complexity index is 601. The van der Waals surface area contributed by atoms with Crippen LogP contribution in [0, 0.1) is 5.82 Å². The van der Waals surface area contributed by atoms with Crippen molar-refractivity contribution in [2.75, 3.05) is 6.54 Å². The van der Waals surface area contributed by atoms with Crippen LogP contribution in [0.15, 0.2) is 54.6 Å². The van der Waals surface area contributed by atoms with Gasteiger partial charge in [0, 0.05) is 19.6 Å². The van der Waals surface area contributed by atoms with Gasteiger partial charge >= 0.3 is 6.03 Å². The normalized spacial score (nSPS) is 10.3. The average molecular weight is 300 g/mol. The number of nitrogens with one attached hydrogen (secondary N) is 1. The van der Waals surface area contributed by atoms with E-state index in [1.165, 1.54) is 12.1 Å². The van der Waals surface area contributed by atoms with Crippen molar-refractivity contribution in [3.8, 4) is 0 Å². The van der Waals surface area contributed by atoms with E-state index in [9.17, 15) is 9.18 Å². The van der Waals surface area contributed by atoms with Gasteiger partial charge in [0.05, 0.1) is 0 Å². The summed E-state index contributed by atoms with van der Waals surface area (Å²) in [5.41, 5.74) is 1.85. The second kappa shape index (κ2) is 8.17. The van der Waals surface area contributed by atoms with Crippen LogP contribution < -0.4 is 5.32 Å². The number of halogens is 1. The SMILES string of the molecule is CCCN(Cc1ccccc1)C(=O)NCc1cccc(F)c1. The molecule has 22 heavy (non-hydrogen) atoms. The summed E-state index contributed by atoms with van der Waals surface area (Å²) in [6.45, 7) is 3.62. The van der Waals surface area contributed by atoms with E-state index < -0.39 is 0 Å². The number of benzene rings is 2. The highest BCUT2D eigenvalue weighted by Crippen LogP contribution is 2.07. The Morgan fingerprint density at radius 1 is 1.09 bits per heavy atom. The van der Waals surface area contributed by atoms with Gasteiger partial charge in [0.1, 0.15) is 5.82 Å². The van der Waals surface area contributed by atoms with Crippen molar-refractivity contribution in [3.05, 3.63) is 71.5 Å². The lowest BCUT2D eigenvalue weighted by molar-refractivity contribution is 0.194. The number of amides is 2. The van der Waals surface area contributed by atoms with Gasteiger partial charge in [-0.05, 0) is 29.7 Å². The third-order valence-corrected chi connectivity index (χ3v) is 3.33. The van der Waals surface area contributed by atoms with E-state index >= 15 is 0 Å². The fourth-order valence-corrected chi connectivity index (χ4v) is 2.26. The van der Waals surface area contributed by atoms with Crippen LogP contribution in [0.5, 0.6) is 0 Å². The second-order valence-electron chi connectivity index (χ2n) is 5.20. The summed E-state index contributed by atoms with van der Waals surface area (Å²) < 4.78 is 13.1. The van der Waals surface area contributed by atoms with Crippen LogP contribution in [0.2, 0.25) is 0 Å². The molecule has 0 aliphatic rings. The second-order valence-corrected chi connectivity index (χ2v) is 5.20. The molecule has 2 aromatic rings. The largest absolute Gasteiger partial charge is 0.334 e. The lowest BCUT2D eigenvalue weighted by Crippen LogP contribution is -2.39. The Hall–Kier alpha value is -2.36. The molecule has 2 rings (SSSR count). The van der Waals surface area contributed by atoms with Crippen molar-refractivity contribution in [3.63, 3.8) is 0 Å². The molecule has 1 N–H and O–H groups in total. The van der Waals surface area contributed by atoms with Crippen molar-refractivity contribution in [2.24, 2.45) is 0 Å². The number of rotatable bonds is 6. The van der Waals surface area contributed by atoms with E-state index in [1.807, 2.05) is 37.3 Å². The summed E-state index contributed by atoms with van der Waals surface area (Å²) in [6.07, 6.45) is 0.889. The highest BCUT2D eigenvalue weighted by molar-refractivity contribution is 5.74. The van der Waals surface area contributed by atoms with Crippen molar-refractivity contribution in [1.29, 1.82) is 0 Å². The maximum atomic E-state index is 13.1. The molecule has 0 bridgehead atoms. The Labute approximate surface area is 130 Å². The molecular formula is C18H21FN2O. The summed E-state index contributed by atoms with van der Waals surface area (Å²) in [7, 11) is 0. The molecular weight excluding hydrogens is 279 g/mol. The van der Waals surface area contributed by atoms with Crippen LogP contribution in [0.3, 0.4) is 0 Å². The van der Waals surface area contributed by atoms with Crippen LogP contribution in [0.25, 0.3) is 0 Å². The van der Waals surface area contributed by atoms with Crippen molar-refractivity contribution in [2.45, 2.75) is 26.4 Å². The van der Waals surface area contributed by atoms with E-state index in [0.717, 1.165) is 17.5 Å². The zero-order chi connectivity index (χ0) is 15.8. The smallest absolute Gasteiger partial charge is 0.317 e. The summed E-state index contributed by atoms with van der Waals surface area (Å²) in [4.78, 5) is 14.1. The number of hydrogen-bond donors (Lipinski definition) is 1. The molecule has 0 atom stereocenters. The summed E-state index contributed by atoms with van der Waals surface area (Å²) in [6, 6.07) is 16.0. The first-order valence-corrected chi connectivity index (χ1v) is 7.50. The van der Waals surface area contributed by atoms with Crippen LogP contribution in [0.1, 0.15) is 24.5 Å². The molecule has 0 aliphatic carbocycles. The fraction of sp³-hybridized carbons (Fsp3) is 0.278. The van der Waals surface area contributed by atoms with Gasteiger partial charge in [0.15, 0.2) is 0 Å². The molecule has 0 saturated carbocycles. The quantitative estimate of drug-likeness (QED) is 0.861. The Kier molecular flexibility index (Phi) is 5.95. The standard InChI is InChI=1S/C18H21FN2O/c1-2-11-21(14-15-7-4-3-5-8-15)18(22)20-13-16-9-6-10-17(19)12-16/h3-10,12H,2,11,13-14H2,1H3,(H,20,22). The molecule has 116 valence electrons. The maximum absolute atomic E-state index is 13.1. The highest BCUT2D eigenvalue weighted by atomic mass is 19.1. The lowest BCUT2D eigenvalue weighted by Gasteiger charge is -2.22. The van der Waals surface area contributed by atoms with E-state index in [0.29, 0.717) is 19.6 Å². The molecule has 2 aromatic carbocycles. The van der Waals surface area contributed by atoms with Crippen LogP contribution >= 0.6 is 0 Å². The van der Waals surface area contributed by atoms with Crippen molar-refractivity contribution >= 4 is 6.03 Å². The minimum Gasteiger partial charge on any atom is -0.334 e. The van der Waals surface area contributed by atoms with E-state index in [-0.39, 0.29) is 11.8 Å². The van der Waals surface area contributed by atoms with Gasteiger partial charge in [-0.15, -0.1) is 0 Å². The van der Waals surface area contributed by atoms with Gasteiger partial charge < -0.3 is 10.2 Å². The number of carbonyl (C=O) groups excluding carboxylic acids is 1. The first-order valence-electron chi connectivity index (χ1n) is 7.50. The molecule has 4 heteroatoms. The Balaban J connectivity index is 1.94. The molecule has 0 spiro atoms. The Morgan fingerprint density at radius 3 is 2.50 bits per heavy atom. The fourth-order valence-electron chi connectivity index (χ4n) is 2.26. The molecule has 0 radical (unpaired) electrons. The first-order chi connectivity index (χ1) is 10.7. The van der Waals surface area contributed by atoms with Crippen molar-refractivity contribution < 1.29 is 9.18 Å². The maximum Gasteiger partial charge on any atom is 0.317 e. The third kappa shape index (κ3) is 4.88. The molecule has 0 heterocycles. The third-order valence-electron chi connectivity index (χ3n) is 3.33. The highest BCUT2D eigenvalue weighted by Gasteiger charge is 2.12. The summed E-state index contributed by atoms with van der Waals surface area (Å²) >= 11 is 0. The molecule has 0 saturated heterocycles. The van der Waals surface area contributed by atoms with E-state index in [1.54, 1.807) is 17.0 Å². The molecule has 2 amide bonds. The van der Waals surface area contributed by atoms with Gasteiger partial charge in [-0.1, -0.05) is 49.4 Å². The molecule has 3 nitrogen and oxygen atoms in total. The zero-order valence-electron chi connectivity index (χ0n) is 12.8.